The van der Waals surface area contributed by atoms with Crippen LogP contribution >= 0.6 is 27.3 Å². The summed E-state index contributed by atoms with van der Waals surface area (Å²) in [6.45, 7) is 4.81. The van der Waals surface area contributed by atoms with Crippen LogP contribution in [-0.2, 0) is 22.9 Å². The van der Waals surface area contributed by atoms with Crippen LogP contribution < -0.4 is 20.1 Å². The highest BCUT2D eigenvalue weighted by Crippen LogP contribution is 2.37. The Bertz CT molecular complexity index is 1920. The van der Waals surface area contributed by atoms with Gasteiger partial charge in [-0.25, -0.2) is 27.8 Å². The quantitative estimate of drug-likeness (QED) is 0.107. The van der Waals surface area contributed by atoms with Crippen molar-refractivity contribution in [1.82, 2.24) is 20.3 Å². The molecule has 0 aliphatic carbocycles. The van der Waals surface area contributed by atoms with Gasteiger partial charge >= 0.3 is 0 Å². The fourth-order valence-electron chi connectivity index (χ4n) is 4.66. The van der Waals surface area contributed by atoms with Crippen LogP contribution in [0.5, 0.6) is 11.5 Å². The van der Waals surface area contributed by atoms with Crippen molar-refractivity contribution >= 4 is 59.5 Å². The number of methoxy groups -OCH3 is 1. The third kappa shape index (κ3) is 8.58. The van der Waals surface area contributed by atoms with Gasteiger partial charge in [0.15, 0.2) is 9.84 Å². The van der Waals surface area contributed by atoms with Crippen molar-refractivity contribution in [3.8, 4) is 22.8 Å². The van der Waals surface area contributed by atoms with Crippen molar-refractivity contribution in [2.24, 2.45) is 0 Å². The number of nitrogens with zero attached hydrogens (tertiary/aromatic N) is 3. The molecule has 5 rings (SSSR count). The third-order valence-electron chi connectivity index (χ3n) is 7.29. The summed E-state index contributed by atoms with van der Waals surface area (Å²) in [6.07, 6.45) is 3.12. The predicted octanol–water partition coefficient (Wildman–Crippen LogP) is 7.33. The summed E-state index contributed by atoms with van der Waals surface area (Å²) < 4.78 is 49.8. The van der Waals surface area contributed by atoms with E-state index in [1.807, 2.05) is 41.8 Å². The molecule has 46 heavy (non-hydrogen) atoms. The summed E-state index contributed by atoms with van der Waals surface area (Å²) >= 11 is 5.16. The molecule has 0 bridgehead atoms. The highest BCUT2D eigenvalue weighted by molar-refractivity contribution is 9.10. The van der Waals surface area contributed by atoms with Gasteiger partial charge < -0.3 is 20.1 Å². The SMILES string of the molecule is COc1cc2ncnc(Nc3ccc(OCc4cccc(F)c4)c(Br)c3)c2cc1-c1csc(CCCNCCS(=O)(=O)C(C)C)n1. The van der Waals surface area contributed by atoms with Gasteiger partial charge in [-0.15, -0.1) is 11.3 Å². The molecule has 0 unspecified atom stereocenters. The topological polar surface area (TPSA) is 115 Å². The summed E-state index contributed by atoms with van der Waals surface area (Å²) in [6, 6.07) is 15.8. The van der Waals surface area contributed by atoms with Gasteiger partial charge in [0.05, 0.1) is 38.8 Å². The third-order valence-corrected chi connectivity index (χ3v) is 11.0. The minimum Gasteiger partial charge on any atom is -0.496 e. The van der Waals surface area contributed by atoms with Crippen LogP contribution in [0.1, 0.15) is 30.8 Å². The maximum atomic E-state index is 13.5. The second-order valence-electron chi connectivity index (χ2n) is 10.9. The van der Waals surface area contributed by atoms with Crippen LogP contribution in [0.3, 0.4) is 0 Å². The van der Waals surface area contributed by atoms with Crippen LogP contribution in [-0.4, -0.2) is 54.6 Å². The van der Waals surface area contributed by atoms with E-state index in [0.29, 0.717) is 35.9 Å². The molecule has 0 spiro atoms. The van der Waals surface area contributed by atoms with Crippen molar-refractivity contribution in [3.63, 3.8) is 0 Å². The Morgan fingerprint density at radius 1 is 1.04 bits per heavy atom. The molecule has 9 nitrogen and oxygen atoms in total. The standard InChI is InChI=1S/C33H35BrFN5O4S2/c1-21(2)46(41,42)13-12-36-11-5-8-32-40-29(19-45-32)25-16-26-28(17-31(25)43-3)37-20-38-33(26)39-24-9-10-30(27(34)15-24)44-18-22-6-4-7-23(35)14-22/h4,6-7,9-10,14-17,19-21,36H,5,8,11-13,18H2,1-3H3,(H,37,38,39). The lowest BCUT2D eigenvalue weighted by molar-refractivity contribution is 0.303. The zero-order valence-electron chi connectivity index (χ0n) is 25.7. The summed E-state index contributed by atoms with van der Waals surface area (Å²) in [7, 11) is -1.42. The van der Waals surface area contributed by atoms with Crippen LogP contribution in [0.15, 0.2) is 70.8 Å². The van der Waals surface area contributed by atoms with Crippen LogP contribution in [0.25, 0.3) is 22.2 Å². The number of thiazole rings is 1. The van der Waals surface area contributed by atoms with Gasteiger partial charge in [0.2, 0.25) is 0 Å². The van der Waals surface area contributed by atoms with E-state index in [4.69, 9.17) is 14.5 Å². The average Bonchev–Trinajstić information content (AvgIpc) is 3.50. The molecule has 0 radical (unpaired) electrons. The lowest BCUT2D eigenvalue weighted by Crippen LogP contribution is -2.28. The highest BCUT2D eigenvalue weighted by Gasteiger charge is 2.17. The Morgan fingerprint density at radius 3 is 2.65 bits per heavy atom. The normalized spacial score (nSPS) is 11.7. The number of benzene rings is 3. The Hall–Kier alpha value is -3.65. The van der Waals surface area contributed by atoms with Crippen molar-refractivity contribution in [2.75, 3.05) is 31.3 Å². The van der Waals surface area contributed by atoms with Gasteiger partial charge in [-0.05, 0) is 84.7 Å². The van der Waals surface area contributed by atoms with E-state index in [1.165, 1.54) is 18.5 Å². The van der Waals surface area contributed by atoms with E-state index < -0.39 is 9.84 Å². The molecular weight excluding hydrogens is 693 g/mol. The number of halogens is 2. The minimum atomic E-state index is -3.04. The number of fused-ring (bicyclic) bond motifs is 1. The van der Waals surface area contributed by atoms with Crippen molar-refractivity contribution in [1.29, 1.82) is 0 Å². The molecular formula is C33H35BrFN5O4S2. The number of hydrogen-bond donors (Lipinski definition) is 2. The molecule has 242 valence electrons. The lowest BCUT2D eigenvalue weighted by Gasteiger charge is -2.13. The Morgan fingerprint density at radius 2 is 1.89 bits per heavy atom. The second kappa shape index (κ2) is 15.3. The maximum absolute atomic E-state index is 13.5. The molecule has 0 aliphatic heterocycles. The van der Waals surface area contributed by atoms with Gasteiger partial charge in [-0.1, -0.05) is 12.1 Å². The number of nitrogens with one attached hydrogen (secondary N) is 2. The van der Waals surface area contributed by atoms with Crippen molar-refractivity contribution < 1.29 is 22.3 Å². The van der Waals surface area contributed by atoms with Crippen LogP contribution in [0.2, 0.25) is 0 Å². The van der Waals surface area contributed by atoms with Crippen LogP contribution in [0, 0.1) is 5.82 Å². The molecule has 13 heteroatoms. The fraction of sp³-hybridized carbons (Fsp3) is 0.303. The van der Waals surface area contributed by atoms with E-state index in [9.17, 15) is 12.8 Å². The molecule has 2 aromatic heterocycles. The predicted molar refractivity (Wildman–Crippen MR) is 185 cm³/mol. The monoisotopic (exact) mass is 727 g/mol. The molecule has 0 fully saturated rings. The van der Waals surface area contributed by atoms with Gasteiger partial charge in [0, 0.05) is 41.0 Å². The largest absolute Gasteiger partial charge is 0.496 e. The van der Waals surface area contributed by atoms with E-state index in [1.54, 1.807) is 38.4 Å². The number of ether oxygens (including phenoxy) is 2. The van der Waals surface area contributed by atoms with E-state index in [2.05, 4.69) is 36.5 Å². The Labute approximate surface area is 280 Å². The first kappa shape index (κ1) is 33.7. The van der Waals surface area contributed by atoms with Crippen LogP contribution in [0.4, 0.5) is 15.9 Å². The second-order valence-corrected chi connectivity index (χ2v) is 15.4. The highest BCUT2D eigenvalue weighted by atomic mass is 79.9. The van der Waals surface area contributed by atoms with Gasteiger partial charge in [0.25, 0.3) is 0 Å². The molecule has 3 aromatic carbocycles. The van der Waals surface area contributed by atoms with E-state index in [0.717, 1.165) is 50.2 Å². The summed E-state index contributed by atoms with van der Waals surface area (Å²) in [5.74, 6) is 1.75. The average molecular weight is 729 g/mol. The van der Waals surface area contributed by atoms with Crippen molar-refractivity contribution in [3.05, 3.63) is 87.2 Å². The number of hydrogen-bond acceptors (Lipinski definition) is 10. The first-order chi connectivity index (χ1) is 22.1. The zero-order valence-corrected chi connectivity index (χ0v) is 28.9. The maximum Gasteiger partial charge on any atom is 0.153 e. The zero-order chi connectivity index (χ0) is 32.7. The van der Waals surface area contributed by atoms with Gasteiger partial charge in [-0.2, -0.15) is 0 Å². The molecule has 2 N–H and O–H groups in total. The number of rotatable bonds is 15. The van der Waals surface area contributed by atoms with E-state index >= 15 is 0 Å². The number of anilines is 2. The summed E-state index contributed by atoms with van der Waals surface area (Å²) in [5.41, 5.74) is 3.87. The molecule has 0 atom stereocenters. The molecule has 2 heterocycles. The van der Waals surface area contributed by atoms with Gasteiger partial charge in [0.1, 0.15) is 36.1 Å². The molecule has 5 aromatic rings. The lowest BCUT2D eigenvalue weighted by atomic mass is 10.1. The smallest absolute Gasteiger partial charge is 0.153 e. The number of aryl methyl sites for hydroxylation is 1. The number of sulfone groups is 1. The van der Waals surface area contributed by atoms with Gasteiger partial charge in [-0.3, -0.25) is 0 Å². The molecule has 0 amide bonds. The molecule has 0 aliphatic rings. The van der Waals surface area contributed by atoms with Crippen molar-refractivity contribution in [2.45, 2.75) is 38.5 Å². The first-order valence-electron chi connectivity index (χ1n) is 14.8. The fourth-order valence-corrected chi connectivity index (χ4v) is 6.90. The summed E-state index contributed by atoms with van der Waals surface area (Å²) in [4.78, 5) is 13.8. The summed E-state index contributed by atoms with van der Waals surface area (Å²) in [5, 5.41) is 10.1. The molecule has 0 saturated carbocycles. The number of aromatic nitrogens is 3. The Kier molecular flexibility index (Phi) is 11.2. The first-order valence-corrected chi connectivity index (χ1v) is 18.2. The molecule has 0 saturated heterocycles. The van der Waals surface area contributed by atoms with E-state index in [-0.39, 0.29) is 23.4 Å². The minimum absolute atomic E-state index is 0.142. The Balaban J connectivity index is 1.27.